The molecule has 3 unspecified atom stereocenters. The van der Waals surface area contributed by atoms with Crippen LogP contribution in [0.4, 0.5) is 5.69 Å². The van der Waals surface area contributed by atoms with Gasteiger partial charge in [-0.05, 0) is 75.3 Å². The van der Waals surface area contributed by atoms with Crippen molar-refractivity contribution in [3.05, 3.63) is 59.9 Å². The molecule has 3 aliphatic heterocycles. The molecule has 5 nitrogen and oxygen atoms in total. The van der Waals surface area contributed by atoms with Gasteiger partial charge in [-0.15, -0.1) is 0 Å². The quantitative estimate of drug-likeness (QED) is 0.589. The van der Waals surface area contributed by atoms with E-state index in [0.717, 1.165) is 52.2 Å². The summed E-state index contributed by atoms with van der Waals surface area (Å²) in [5.41, 5.74) is 4.27. The number of ether oxygens (including phenoxy) is 2. The van der Waals surface area contributed by atoms with Crippen molar-refractivity contribution < 1.29 is 9.47 Å². The van der Waals surface area contributed by atoms with Gasteiger partial charge >= 0.3 is 0 Å². The number of hydrogen-bond acceptors (Lipinski definition) is 5. The third-order valence-corrected chi connectivity index (χ3v) is 8.98. The summed E-state index contributed by atoms with van der Waals surface area (Å²) in [5.74, 6) is 0. The van der Waals surface area contributed by atoms with Crippen molar-refractivity contribution in [2.75, 3.05) is 31.3 Å². The van der Waals surface area contributed by atoms with E-state index in [2.05, 4.69) is 46.6 Å². The van der Waals surface area contributed by atoms with E-state index in [9.17, 15) is 0 Å². The lowest BCUT2D eigenvalue weighted by Crippen LogP contribution is -2.47. The van der Waals surface area contributed by atoms with Crippen LogP contribution in [-0.2, 0) is 21.4 Å². The Morgan fingerprint density at radius 3 is 2.56 bits per heavy atom. The average molecular weight is 462 g/mol. The third-order valence-electron chi connectivity index (χ3n) is 8.98. The SMILES string of the molecule is c1ccc(C2(CCNCc3ccccc3N3C4CCC3COC4)CCOC3(CCCC3)C2)nc1. The summed E-state index contributed by atoms with van der Waals surface area (Å²) in [5, 5.41) is 3.83. The van der Waals surface area contributed by atoms with Gasteiger partial charge in [-0.3, -0.25) is 4.98 Å². The number of benzene rings is 1. The van der Waals surface area contributed by atoms with Crippen molar-refractivity contribution in [3.63, 3.8) is 0 Å². The maximum atomic E-state index is 6.42. The minimum Gasteiger partial charge on any atom is -0.377 e. The molecule has 4 heterocycles. The molecule has 182 valence electrons. The lowest BCUT2D eigenvalue weighted by atomic mass is 9.68. The van der Waals surface area contributed by atoms with Gasteiger partial charge in [0, 0.05) is 36.1 Å². The topological polar surface area (TPSA) is 46.6 Å². The van der Waals surface area contributed by atoms with Crippen LogP contribution in [0.1, 0.15) is 69.0 Å². The molecule has 1 saturated carbocycles. The second kappa shape index (κ2) is 9.60. The van der Waals surface area contributed by atoms with Gasteiger partial charge in [-0.2, -0.15) is 0 Å². The molecule has 1 aliphatic carbocycles. The third kappa shape index (κ3) is 4.27. The maximum absolute atomic E-state index is 6.42. The standard InChI is InChI=1S/C29H39N3O2/c1-2-8-26(32-24-10-11-25(32)21-33-20-24)23(7-1)19-30-17-14-28(27-9-3-6-16-31-27)15-18-34-29(22-28)12-4-5-13-29/h1-3,6-9,16,24-25,30H,4-5,10-15,17-22H2. The van der Waals surface area contributed by atoms with E-state index in [4.69, 9.17) is 14.5 Å². The van der Waals surface area contributed by atoms with Crippen LogP contribution in [0.5, 0.6) is 0 Å². The van der Waals surface area contributed by atoms with Crippen molar-refractivity contribution in [1.82, 2.24) is 10.3 Å². The van der Waals surface area contributed by atoms with Gasteiger partial charge in [0.2, 0.25) is 0 Å². The lowest BCUT2D eigenvalue weighted by molar-refractivity contribution is -0.104. The highest BCUT2D eigenvalue weighted by Gasteiger charge is 2.48. The number of nitrogens with zero attached hydrogens (tertiary/aromatic N) is 2. The lowest BCUT2D eigenvalue weighted by Gasteiger charge is -2.46. The Labute approximate surface area is 204 Å². The largest absolute Gasteiger partial charge is 0.377 e. The van der Waals surface area contributed by atoms with Crippen LogP contribution < -0.4 is 10.2 Å². The van der Waals surface area contributed by atoms with Crippen LogP contribution in [0.2, 0.25) is 0 Å². The minimum atomic E-state index is 0.0813. The molecule has 3 saturated heterocycles. The normalized spacial score (nSPS) is 30.2. The Hall–Kier alpha value is -1.95. The van der Waals surface area contributed by atoms with E-state index < -0.39 is 0 Å². The number of fused-ring (bicyclic) bond motifs is 2. The first-order valence-electron chi connectivity index (χ1n) is 13.5. The smallest absolute Gasteiger partial charge is 0.0691 e. The van der Waals surface area contributed by atoms with Crippen LogP contribution in [0, 0.1) is 0 Å². The van der Waals surface area contributed by atoms with Crippen molar-refractivity contribution in [2.45, 2.75) is 87.4 Å². The Morgan fingerprint density at radius 2 is 1.76 bits per heavy atom. The van der Waals surface area contributed by atoms with Gasteiger partial charge in [0.25, 0.3) is 0 Å². The monoisotopic (exact) mass is 461 g/mol. The van der Waals surface area contributed by atoms with E-state index in [1.807, 2.05) is 12.3 Å². The number of hydrogen-bond donors (Lipinski definition) is 1. The van der Waals surface area contributed by atoms with E-state index in [0.29, 0.717) is 12.1 Å². The van der Waals surface area contributed by atoms with Crippen LogP contribution in [0.25, 0.3) is 0 Å². The molecular formula is C29H39N3O2. The summed E-state index contributed by atoms with van der Waals surface area (Å²) < 4.78 is 12.3. The number of morpholine rings is 1. The number of pyridine rings is 1. The minimum absolute atomic E-state index is 0.0813. The zero-order valence-electron chi connectivity index (χ0n) is 20.4. The molecule has 4 fully saturated rings. The number of nitrogens with one attached hydrogen (secondary N) is 1. The zero-order valence-corrected chi connectivity index (χ0v) is 20.4. The molecule has 3 atom stereocenters. The number of anilines is 1. The first-order valence-corrected chi connectivity index (χ1v) is 13.5. The highest BCUT2D eigenvalue weighted by molar-refractivity contribution is 5.56. The van der Waals surface area contributed by atoms with E-state index >= 15 is 0 Å². The molecule has 0 radical (unpaired) electrons. The molecule has 0 amide bonds. The first-order chi connectivity index (χ1) is 16.8. The van der Waals surface area contributed by atoms with Crippen molar-refractivity contribution in [3.8, 4) is 0 Å². The highest BCUT2D eigenvalue weighted by atomic mass is 16.5. The molecule has 1 N–H and O–H groups in total. The van der Waals surface area contributed by atoms with Gasteiger partial charge in [0.1, 0.15) is 0 Å². The number of aromatic nitrogens is 1. The number of rotatable bonds is 7. The van der Waals surface area contributed by atoms with Gasteiger partial charge in [0.05, 0.1) is 30.9 Å². The molecule has 1 aromatic heterocycles. The fourth-order valence-corrected chi connectivity index (χ4v) is 7.28. The van der Waals surface area contributed by atoms with Crippen LogP contribution in [0.3, 0.4) is 0 Å². The van der Waals surface area contributed by atoms with Gasteiger partial charge < -0.3 is 19.7 Å². The first kappa shape index (κ1) is 22.5. The Morgan fingerprint density at radius 1 is 0.971 bits per heavy atom. The number of para-hydroxylation sites is 1. The fraction of sp³-hybridized carbons (Fsp3) is 0.621. The Bertz CT molecular complexity index is 945. The highest BCUT2D eigenvalue weighted by Crippen LogP contribution is 2.49. The van der Waals surface area contributed by atoms with Crippen molar-refractivity contribution in [2.24, 2.45) is 0 Å². The molecule has 4 aliphatic rings. The van der Waals surface area contributed by atoms with Gasteiger partial charge in [-0.1, -0.05) is 37.1 Å². The summed E-state index contributed by atoms with van der Waals surface area (Å²) in [4.78, 5) is 7.51. The van der Waals surface area contributed by atoms with Gasteiger partial charge in [0.15, 0.2) is 0 Å². The van der Waals surface area contributed by atoms with Crippen LogP contribution in [0.15, 0.2) is 48.7 Å². The van der Waals surface area contributed by atoms with Crippen LogP contribution >= 0.6 is 0 Å². The average Bonchev–Trinajstić information content (AvgIpc) is 3.42. The predicted octanol–water partition coefficient (Wildman–Crippen LogP) is 4.99. The zero-order chi connectivity index (χ0) is 22.8. The van der Waals surface area contributed by atoms with Crippen molar-refractivity contribution in [1.29, 1.82) is 0 Å². The molecule has 2 bridgehead atoms. The predicted molar refractivity (Wildman–Crippen MR) is 135 cm³/mol. The molecule has 5 heteroatoms. The Kier molecular flexibility index (Phi) is 6.35. The summed E-state index contributed by atoms with van der Waals surface area (Å²) >= 11 is 0. The molecule has 1 spiro atoms. The van der Waals surface area contributed by atoms with Crippen LogP contribution in [-0.4, -0.2) is 49.0 Å². The van der Waals surface area contributed by atoms with E-state index in [1.54, 1.807) is 0 Å². The summed E-state index contributed by atoms with van der Waals surface area (Å²) in [6.07, 6.45) is 12.8. The molecule has 34 heavy (non-hydrogen) atoms. The summed E-state index contributed by atoms with van der Waals surface area (Å²) in [6, 6.07) is 16.5. The maximum Gasteiger partial charge on any atom is 0.0691 e. The summed E-state index contributed by atoms with van der Waals surface area (Å²) in [6.45, 7) is 4.51. The molecule has 1 aromatic carbocycles. The Balaban J connectivity index is 1.15. The summed E-state index contributed by atoms with van der Waals surface area (Å²) in [7, 11) is 0. The molecule has 2 aromatic rings. The second-order valence-corrected chi connectivity index (χ2v) is 11.0. The molecule has 6 rings (SSSR count). The van der Waals surface area contributed by atoms with E-state index in [1.165, 1.54) is 55.5 Å². The van der Waals surface area contributed by atoms with Crippen molar-refractivity contribution >= 4 is 5.69 Å². The molecular weight excluding hydrogens is 422 g/mol. The van der Waals surface area contributed by atoms with E-state index in [-0.39, 0.29) is 11.0 Å². The fourth-order valence-electron chi connectivity index (χ4n) is 7.28. The van der Waals surface area contributed by atoms with Gasteiger partial charge in [-0.25, -0.2) is 0 Å². The second-order valence-electron chi connectivity index (χ2n) is 11.0.